The summed E-state index contributed by atoms with van der Waals surface area (Å²) in [7, 11) is 1.28. The first-order chi connectivity index (χ1) is 19.4. The molecule has 4 N–H and O–H groups in total. The molecule has 0 saturated heterocycles. The molecular weight excluding hydrogens is 506 g/mol. The van der Waals surface area contributed by atoms with E-state index in [4.69, 9.17) is 15.9 Å². The first-order valence-electron chi connectivity index (χ1n) is 12.3. The molecule has 4 aromatic carbocycles. The Balaban J connectivity index is 1.69. The number of ether oxygens (including phenoxy) is 2. The van der Waals surface area contributed by atoms with Crippen molar-refractivity contribution in [3.63, 3.8) is 0 Å². The normalized spacial score (nSPS) is 10.6. The highest BCUT2D eigenvalue weighted by Crippen LogP contribution is 2.30. The number of amides is 1. The third-order valence-electron chi connectivity index (χ3n) is 6.00. The van der Waals surface area contributed by atoms with Gasteiger partial charge < -0.3 is 20.5 Å². The molecule has 4 rings (SSSR count). The van der Waals surface area contributed by atoms with E-state index in [1.54, 1.807) is 66.7 Å². The summed E-state index contributed by atoms with van der Waals surface area (Å²) < 4.78 is 10.3. The van der Waals surface area contributed by atoms with Gasteiger partial charge in [-0.05, 0) is 64.7 Å². The highest BCUT2D eigenvalue weighted by molar-refractivity contribution is 6.10. The minimum absolute atomic E-state index is 0.0692. The van der Waals surface area contributed by atoms with Gasteiger partial charge >= 0.3 is 11.9 Å². The molecule has 0 saturated carbocycles. The van der Waals surface area contributed by atoms with E-state index in [1.807, 2.05) is 30.3 Å². The Bertz CT molecular complexity index is 1580. The number of amidine groups is 1. The number of nitrogen functional groups attached to an aromatic ring is 1. The summed E-state index contributed by atoms with van der Waals surface area (Å²) in [5, 5.41) is 10.4. The maximum absolute atomic E-state index is 13.4. The Kier molecular flexibility index (Phi) is 8.84. The van der Waals surface area contributed by atoms with Crippen molar-refractivity contribution in [1.82, 2.24) is 0 Å². The largest absolute Gasteiger partial charge is 0.466 e. The van der Waals surface area contributed by atoms with E-state index < -0.39 is 11.9 Å². The van der Waals surface area contributed by atoms with Crippen LogP contribution in [0.3, 0.4) is 0 Å². The van der Waals surface area contributed by atoms with Gasteiger partial charge in [-0.3, -0.25) is 10.2 Å². The Morgan fingerprint density at radius 2 is 1.52 bits per heavy atom. The van der Waals surface area contributed by atoms with Crippen molar-refractivity contribution >= 4 is 35.4 Å². The molecule has 0 aliphatic rings. The maximum Gasteiger partial charge on any atom is 0.339 e. The van der Waals surface area contributed by atoms with Crippen LogP contribution in [0.2, 0.25) is 0 Å². The van der Waals surface area contributed by atoms with E-state index in [2.05, 4.69) is 10.1 Å². The molecule has 4 aromatic rings. The quantitative estimate of drug-likeness (QED) is 0.114. The predicted octanol–water partition coefficient (Wildman–Crippen LogP) is 5.43. The highest BCUT2D eigenvalue weighted by Gasteiger charge is 2.20. The predicted molar refractivity (Wildman–Crippen MR) is 154 cm³/mol. The minimum Gasteiger partial charge on any atom is -0.466 e. The molecule has 0 bridgehead atoms. The van der Waals surface area contributed by atoms with Gasteiger partial charge in [0.15, 0.2) is 0 Å². The Hall–Kier alpha value is -5.50. The van der Waals surface area contributed by atoms with Crippen LogP contribution in [0.25, 0.3) is 17.2 Å². The number of methoxy groups -OCH3 is 1. The lowest BCUT2D eigenvalue weighted by molar-refractivity contribution is -0.134. The van der Waals surface area contributed by atoms with E-state index in [0.29, 0.717) is 33.5 Å². The van der Waals surface area contributed by atoms with Crippen molar-refractivity contribution in [2.45, 2.75) is 6.61 Å². The summed E-state index contributed by atoms with van der Waals surface area (Å²) in [5.74, 6) is -1.57. The average Bonchev–Trinajstić information content (AvgIpc) is 2.99. The maximum atomic E-state index is 13.4. The van der Waals surface area contributed by atoms with Crippen LogP contribution in [-0.2, 0) is 20.9 Å². The first kappa shape index (κ1) is 27.5. The van der Waals surface area contributed by atoms with Crippen molar-refractivity contribution in [1.29, 1.82) is 5.41 Å². The van der Waals surface area contributed by atoms with Gasteiger partial charge in [-0.2, -0.15) is 0 Å². The molecule has 0 aromatic heterocycles. The molecule has 0 heterocycles. The van der Waals surface area contributed by atoms with Gasteiger partial charge in [0.25, 0.3) is 5.91 Å². The van der Waals surface area contributed by atoms with Crippen LogP contribution in [0.4, 0.5) is 5.69 Å². The van der Waals surface area contributed by atoms with Crippen LogP contribution >= 0.6 is 0 Å². The molecular formula is C32H27N3O5. The molecule has 1 amide bonds. The average molecular weight is 534 g/mol. The monoisotopic (exact) mass is 533 g/mol. The van der Waals surface area contributed by atoms with Gasteiger partial charge in [-0.25, -0.2) is 9.59 Å². The lowest BCUT2D eigenvalue weighted by Gasteiger charge is -2.15. The molecule has 8 nitrogen and oxygen atoms in total. The van der Waals surface area contributed by atoms with Gasteiger partial charge in [-0.1, -0.05) is 60.7 Å². The first-order valence-corrected chi connectivity index (χ1v) is 12.3. The van der Waals surface area contributed by atoms with Crippen molar-refractivity contribution in [2.24, 2.45) is 5.73 Å². The van der Waals surface area contributed by atoms with Gasteiger partial charge in [0, 0.05) is 22.9 Å². The van der Waals surface area contributed by atoms with Crippen LogP contribution in [-0.4, -0.2) is 30.8 Å². The fourth-order valence-electron chi connectivity index (χ4n) is 3.95. The van der Waals surface area contributed by atoms with Crippen molar-refractivity contribution in [3.8, 4) is 11.1 Å². The molecule has 0 unspecified atom stereocenters. The second kappa shape index (κ2) is 12.8. The molecule has 8 heteroatoms. The van der Waals surface area contributed by atoms with Crippen LogP contribution in [0.15, 0.2) is 103 Å². The van der Waals surface area contributed by atoms with E-state index in [9.17, 15) is 14.4 Å². The van der Waals surface area contributed by atoms with Crippen LogP contribution in [0.1, 0.15) is 37.4 Å². The Morgan fingerprint density at radius 3 is 2.23 bits per heavy atom. The number of nitrogens with one attached hydrogen (secondary N) is 2. The van der Waals surface area contributed by atoms with E-state index in [0.717, 1.165) is 5.56 Å². The Morgan fingerprint density at radius 1 is 0.850 bits per heavy atom. The highest BCUT2D eigenvalue weighted by atomic mass is 16.5. The lowest BCUT2D eigenvalue weighted by atomic mass is 9.93. The summed E-state index contributed by atoms with van der Waals surface area (Å²) in [4.78, 5) is 38.3. The third kappa shape index (κ3) is 6.87. The zero-order valence-corrected chi connectivity index (χ0v) is 21.7. The zero-order valence-electron chi connectivity index (χ0n) is 21.7. The Labute approximate surface area is 231 Å². The number of rotatable bonds is 9. The van der Waals surface area contributed by atoms with Crippen molar-refractivity contribution in [2.75, 3.05) is 12.4 Å². The SMILES string of the molecule is COC(=O)C=Cc1ccc(-c2ccccc2C(=O)Nc2ccc(C(=N)N)cc2)c(C(=O)OCc2ccccc2)c1. The summed E-state index contributed by atoms with van der Waals surface area (Å²) >= 11 is 0. The summed E-state index contributed by atoms with van der Waals surface area (Å²) in [6.07, 6.45) is 2.79. The number of carbonyl (C=O) groups is 3. The van der Waals surface area contributed by atoms with Crippen molar-refractivity contribution < 1.29 is 23.9 Å². The van der Waals surface area contributed by atoms with Crippen LogP contribution in [0.5, 0.6) is 0 Å². The molecule has 40 heavy (non-hydrogen) atoms. The molecule has 0 atom stereocenters. The van der Waals surface area contributed by atoms with Gasteiger partial charge in [0.1, 0.15) is 12.4 Å². The second-order valence-corrected chi connectivity index (χ2v) is 8.71. The topological polar surface area (TPSA) is 132 Å². The fourth-order valence-corrected chi connectivity index (χ4v) is 3.95. The van der Waals surface area contributed by atoms with E-state index >= 15 is 0 Å². The molecule has 200 valence electrons. The number of hydrogen-bond donors (Lipinski definition) is 3. The standard InChI is InChI=1S/C32H27N3O5/c1-39-29(36)18-12-21-11-17-26(28(19-21)32(38)40-20-22-7-3-2-4-8-22)25-9-5-6-10-27(25)31(37)35-24-15-13-23(14-16-24)30(33)34/h2-19H,20H2,1H3,(H3,33,34)(H,35,37). The summed E-state index contributed by atoms with van der Waals surface area (Å²) in [5.41, 5.74) is 9.57. The molecule has 0 fully saturated rings. The van der Waals surface area contributed by atoms with E-state index in [1.165, 1.54) is 19.3 Å². The third-order valence-corrected chi connectivity index (χ3v) is 6.00. The number of esters is 2. The minimum atomic E-state index is -0.581. The van der Waals surface area contributed by atoms with Crippen molar-refractivity contribution in [3.05, 3.63) is 131 Å². The zero-order chi connectivity index (χ0) is 28.5. The molecule has 0 radical (unpaired) electrons. The number of anilines is 1. The number of benzene rings is 4. The van der Waals surface area contributed by atoms with Gasteiger partial charge in [0.2, 0.25) is 0 Å². The second-order valence-electron chi connectivity index (χ2n) is 8.71. The smallest absolute Gasteiger partial charge is 0.339 e. The van der Waals surface area contributed by atoms with Gasteiger partial charge in [-0.15, -0.1) is 0 Å². The number of hydrogen-bond acceptors (Lipinski definition) is 6. The lowest BCUT2D eigenvalue weighted by Crippen LogP contribution is -2.15. The summed E-state index contributed by atoms with van der Waals surface area (Å²) in [6.45, 7) is 0.0692. The fraction of sp³-hybridized carbons (Fsp3) is 0.0625. The van der Waals surface area contributed by atoms with Crippen LogP contribution in [0, 0.1) is 5.41 Å². The molecule has 0 aliphatic heterocycles. The summed E-state index contributed by atoms with van der Waals surface area (Å²) in [6, 6.07) is 27.9. The molecule has 0 aliphatic carbocycles. The number of nitrogens with two attached hydrogens (primary N) is 1. The molecule has 0 spiro atoms. The number of carbonyl (C=O) groups excluding carboxylic acids is 3. The van der Waals surface area contributed by atoms with Crippen LogP contribution < -0.4 is 11.1 Å². The van der Waals surface area contributed by atoms with Gasteiger partial charge in [0.05, 0.1) is 12.7 Å². The van der Waals surface area contributed by atoms with E-state index in [-0.39, 0.29) is 23.9 Å².